The Balaban J connectivity index is 1.83. The first-order valence-corrected chi connectivity index (χ1v) is 11.6. The summed E-state index contributed by atoms with van der Waals surface area (Å²) in [6.45, 7) is 5.34. The molecule has 2 aromatic rings. The minimum atomic E-state index is -3.42. The predicted molar refractivity (Wildman–Crippen MR) is 120 cm³/mol. The van der Waals surface area contributed by atoms with Crippen molar-refractivity contribution in [3.05, 3.63) is 59.7 Å². The molecule has 6 nitrogen and oxygen atoms in total. The van der Waals surface area contributed by atoms with Crippen LogP contribution in [0.25, 0.3) is 0 Å². The molecule has 0 fully saturated rings. The summed E-state index contributed by atoms with van der Waals surface area (Å²) >= 11 is 0. The summed E-state index contributed by atoms with van der Waals surface area (Å²) in [5.74, 6) is -0.0686. The van der Waals surface area contributed by atoms with Crippen molar-refractivity contribution < 1.29 is 13.2 Å². The number of carbonyl (C=O) groups is 1. The number of benzene rings is 2. The van der Waals surface area contributed by atoms with Crippen molar-refractivity contribution in [1.82, 2.24) is 5.32 Å². The van der Waals surface area contributed by atoms with E-state index in [4.69, 9.17) is 0 Å². The maximum atomic E-state index is 12.3. The number of nitrogens with zero attached hydrogens (tertiary/aromatic N) is 2. The average Bonchev–Trinajstić information content (AvgIpc) is 2.67. The second-order valence-corrected chi connectivity index (χ2v) is 9.24. The van der Waals surface area contributed by atoms with Gasteiger partial charge in [0, 0.05) is 38.8 Å². The Bertz CT molecular complexity index is 914. The summed E-state index contributed by atoms with van der Waals surface area (Å²) in [6, 6.07) is 15.7. The molecule has 158 valence electrons. The number of carbonyl (C=O) groups excluding carboxylic acids is 1. The van der Waals surface area contributed by atoms with E-state index >= 15 is 0 Å². The fourth-order valence-corrected chi connectivity index (χ4v) is 4.11. The molecule has 1 N–H and O–H groups in total. The molecule has 0 aliphatic heterocycles. The first kappa shape index (κ1) is 22.7. The van der Waals surface area contributed by atoms with E-state index in [0.29, 0.717) is 25.2 Å². The summed E-state index contributed by atoms with van der Waals surface area (Å²) in [7, 11) is -1.44. The van der Waals surface area contributed by atoms with Crippen molar-refractivity contribution in [3.63, 3.8) is 0 Å². The second kappa shape index (κ2) is 10.3. The van der Waals surface area contributed by atoms with E-state index < -0.39 is 10.0 Å². The quantitative estimate of drug-likeness (QED) is 0.645. The summed E-state index contributed by atoms with van der Waals surface area (Å²) in [6.07, 6.45) is 1.95. The van der Waals surface area contributed by atoms with E-state index in [1.807, 2.05) is 69.4 Å². The fraction of sp³-hybridized carbons (Fsp3) is 0.409. The maximum Gasteiger partial charge on any atom is 0.232 e. The van der Waals surface area contributed by atoms with Gasteiger partial charge >= 0.3 is 0 Å². The maximum absolute atomic E-state index is 12.3. The van der Waals surface area contributed by atoms with Crippen molar-refractivity contribution in [2.24, 2.45) is 0 Å². The number of anilines is 2. The lowest BCUT2D eigenvalue weighted by molar-refractivity contribution is -0.121. The lowest BCUT2D eigenvalue weighted by Gasteiger charge is -2.24. The Labute approximate surface area is 174 Å². The van der Waals surface area contributed by atoms with Crippen molar-refractivity contribution in [3.8, 4) is 0 Å². The van der Waals surface area contributed by atoms with Crippen molar-refractivity contribution in [1.29, 1.82) is 0 Å². The molecular weight excluding hydrogens is 386 g/mol. The van der Waals surface area contributed by atoms with Crippen molar-refractivity contribution in [2.75, 3.05) is 42.1 Å². The average molecular weight is 418 g/mol. The van der Waals surface area contributed by atoms with Gasteiger partial charge in [-0.3, -0.25) is 9.10 Å². The molecule has 0 saturated carbocycles. The molecule has 0 heterocycles. The van der Waals surface area contributed by atoms with Gasteiger partial charge in [-0.25, -0.2) is 8.42 Å². The third-order valence-electron chi connectivity index (χ3n) is 4.77. The van der Waals surface area contributed by atoms with Crippen molar-refractivity contribution in [2.45, 2.75) is 26.7 Å². The molecule has 0 radical (unpaired) electrons. The zero-order valence-corrected chi connectivity index (χ0v) is 18.5. The Morgan fingerprint density at radius 2 is 1.72 bits per heavy atom. The van der Waals surface area contributed by atoms with Gasteiger partial charge in [0.2, 0.25) is 15.9 Å². The number of hydrogen-bond acceptors (Lipinski definition) is 4. The van der Waals surface area contributed by atoms with Gasteiger partial charge in [0.25, 0.3) is 0 Å². The van der Waals surface area contributed by atoms with Gasteiger partial charge in [-0.1, -0.05) is 30.3 Å². The van der Waals surface area contributed by atoms with E-state index in [-0.39, 0.29) is 18.9 Å². The Kier molecular flexibility index (Phi) is 8.08. The van der Waals surface area contributed by atoms with Crippen LogP contribution in [0, 0.1) is 13.8 Å². The van der Waals surface area contributed by atoms with Crippen LogP contribution < -0.4 is 14.5 Å². The molecule has 0 aromatic heterocycles. The lowest BCUT2D eigenvalue weighted by atomic mass is 10.1. The molecular formula is C22H31N3O3S. The molecule has 2 aromatic carbocycles. The molecule has 0 aliphatic rings. The molecule has 0 saturated heterocycles. The third kappa shape index (κ3) is 7.09. The highest BCUT2D eigenvalue weighted by Gasteiger charge is 2.19. The number of rotatable bonds is 10. The smallest absolute Gasteiger partial charge is 0.232 e. The van der Waals surface area contributed by atoms with Crippen LogP contribution in [0.1, 0.15) is 24.0 Å². The predicted octanol–water partition coefficient (Wildman–Crippen LogP) is 3.10. The highest BCUT2D eigenvalue weighted by molar-refractivity contribution is 7.92. The minimum absolute atomic E-state index is 0.0686. The standard InChI is InChI=1S/C22H31N3O3S/c1-18-12-13-19(2)21(17-18)25(29(4,27)28)15-8-11-22(26)23-14-16-24(3)20-9-6-5-7-10-20/h5-7,9-10,12-13,17H,8,11,14-16H2,1-4H3,(H,23,26). The van der Waals surface area contributed by atoms with Gasteiger partial charge in [0.05, 0.1) is 11.9 Å². The molecule has 2 rings (SSSR count). The van der Waals surface area contributed by atoms with E-state index in [0.717, 1.165) is 16.8 Å². The SMILES string of the molecule is Cc1ccc(C)c(N(CCCC(=O)NCCN(C)c2ccccc2)S(C)(=O)=O)c1. The van der Waals surface area contributed by atoms with Crippen LogP contribution in [0.4, 0.5) is 11.4 Å². The molecule has 0 bridgehead atoms. The number of sulfonamides is 1. The van der Waals surface area contributed by atoms with Gasteiger partial charge in [-0.15, -0.1) is 0 Å². The molecule has 0 aliphatic carbocycles. The van der Waals surface area contributed by atoms with E-state index in [9.17, 15) is 13.2 Å². The normalized spacial score (nSPS) is 11.2. The zero-order valence-electron chi connectivity index (χ0n) is 17.7. The topological polar surface area (TPSA) is 69.7 Å². The summed E-state index contributed by atoms with van der Waals surface area (Å²) in [4.78, 5) is 14.2. The molecule has 1 amide bonds. The largest absolute Gasteiger partial charge is 0.373 e. The lowest BCUT2D eigenvalue weighted by Crippen LogP contribution is -2.34. The van der Waals surface area contributed by atoms with Gasteiger partial charge in [-0.2, -0.15) is 0 Å². The zero-order chi connectivity index (χ0) is 21.4. The van der Waals surface area contributed by atoms with Gasteiger partial charge in [0.1, 0.15) is 0 Å². The van der Waals surface area contributed by atoms with Crippen LogP contribution in [0.5, 0.6) is 0 Å². The molecule has 29 heavy (non-hydrogen) atoms. The van der Waals surface area contributed by atoms with E-state index in [1.54, 1.807) is 0 Å². The van der Waals surface area contributed by atoms with Crippen molar-refractivity contribution >= 4 is 27.3 Å². The molecule has 0 atom stereocenters. The van der Waals surface area contributed by atoms with Crippen LogP contribution in [-0.2, 0) is 14.8 Å². The van der Waals surface area contributed by atoms with Crippen LogP contribution in [0.3, 0.4) is 0 Å². The van der Waals surface area contributed by atoms with Crippen LogP contribution in [-0.4, -0.2) is 47.3 Å². The number of amides is 1. The highest BCUT2D eigenvalue weighted by Crippen LogP contribution is 2.24. The van der Waals surface area contributed by atoms with Crippen LogP contribution in [0.2, 0.25) is 0 Å². The van der Waals surface area contributed by atoms with Crippen LogP contribution >= 0.6 is 0 Å². The van der Waals surface area contributed by atoms with E-state index in [2.05, 4.69) is 10.2 Å². The Morgan fingerprint density at radius 3 is 2.38 bits per heavy atom. The van der Waals surface area contributed by atoms with Gasteiger partial charge in [0.15, 0.2) is 0 Å². The second-order valence-electron chi connectivity index (χ2n) is 7.34. The number of likely N-dealkylation sites (N-methyl/N-ethyl adjacent to an activating group) is 1. The first-order chi connectivity index (χ1) is 13.7. The van der Waals surface area contributed by atoms with E-state index in [1.165, 1.54) is 10.6 Å². The summed E-state index contributed by atoms with van der Waals surface area (Å²) in [5.41, 5.74) is 3.67. The fourth-order valence-electron chi connectivity index (χ4n) is 3.10. The number of nitrogens with one attached hydrogen (secondary N) is 1. The summed E-state index contributed by atoms with van der Waals surface area (Å²) < 4.78 is 25.9. The molecule has 7 heteroatoms. The minimum Gasteiger partial charge on any atom is -0.373 e. The number of para-hydroxylation sites is 1. The molecule has 0 spiro atoms. The number of hydrogen-bond donors (Lipinski definition) is 1. The summed E-state index contributed by atoms with van der Waals surface area (Å²) in [5, 5.41) is 2.91. The first-order valence-electron chi connectivity index (χ1n) is 9.76. The monoisotopic (exact) mass is 417 g/mol. The number of aryl methyl sites for hydroxylation is 2. The van der Waals surface area contributed by atoms with Crippen LogP contribution in [0.15, 0.2) is 48.5 Å². The third-order valence-corrected chi connectivity index (χ3v) is 5.94. The van der Waals surface area contributed by atoms with Gasteiger partial charge in [-0.05, 0) is 49.6 Å². The van der Waals surface area contributed by atoms with Gasteiger partial charge < -0.3 is 10.2 Å². The Morgan fingerprint density at radius 1 is 1.03 bits per heavy atom. The highest BCUT2D eigenvalue weighted by atomic mass is 32.2. The molecule has 0 unspecified atom stereocenters. The Hall–Kier alpha value is -2.54.